The van der Waals surface area contributed by atoms with Crippen molar-refractivity contribution in [3.63, 3.8) is 0 Å². The summed E-state index contributed by atoms with van der Waals surface area (Å²) >= 11 is 3.41. The van der Waals surface area contributed by atoms with Gasteiger partial charge in [-0.1, -0.05) is 96.5 Å². The van der Waals surface area contributed by atoms with Gasteiger partial charge in [0, 0.05) is 24.0 Å². The zero-order chi connectivity index (χ0) is 31.7. The van der Waals surface area contributed by atoms with Crippen molar-refractivity contribution in [2.24, 2.45) is 5.92 Å². The van der Waals surface area contributed by atoms with Crippen LogP contribution in [0.4, 0.5) is 10.1 Å². The van der Waals surface area contributed by atoms with E-state index in [1.165, 1.54) is 29.2 Å². The Morgan fingerprint density at radius 2 is 1.48 bits per heavy atom. The van der Waals surface area contributed by atoms with Crippen molar-refractivity contribution in [1.29, 1.82) is 0 Å². The number of sulfonamides is 1. The molecule has 0 radical (unpaired) electrons. The molecule has 4 aromatic rings. The van der Waals surface area contributed by atoms with Crippen LogP contribution in [0.5, 0.6) is 0 Å². The van der Waals surface area contributed by atoms with Gasteiger partial charge in [-0.2, -0.15) is 0 Å². The predicted molar refractivity (Wildman–Crippen MR) is 174 cm³/mol. The molecule has 230 valence electrons. The lowest BCUT2D eigenvalue weighted by Gasteiger charge is -2.34. The smallest absolute Gasteiger partial charge is 0.264 e. The van der Waals surface area contributed by atoms with Gasteiger partial charge in [-0.15, -0.1) is 0 Å². The Kier molecular flexibility index (Phi) is 11.3. The lowest BCUT2D eigenvalue weighted by molar-refractivity contribution is -0.140. The summed E-state index contributed by atoms with van der Waals surface area (Å²) in [5, 5.41) is 2.95. The third-order valence-electron chi connectivity index (χ3n) is 6.93. The Balaban J connectivity index is 1.79. The van der Waals surface area contributed by atoms with Crippen LogP contribution >= 0.6 is 15.9 Å². The largest absolute Gasteiger partial charge is 0.354 e. The third-order valence-corrected chi connectivity index (χ3v) is 9.21. The van der Waals surface area contributed by atoms with E-state index in [1.807, 2.05) is 44.2 Å². The molecule has 0 heterocycles. The zero-order valence-electron chi connectivity index (χ0n) is 24.6. The minimum absolute atomic E-state index is 0.0216. The molecular weight excluding hydrogens is 645 g/mol. The zero-order valence-corrected chi connectivity index (χ0v) is 27.0. The van der Waals surface area contributed by atoms with Crippen LogP contribution in [0.15, 0.2) is 119 Å². The van der Waals surface area contributed by atoms with Crippen LogP contribution < -0.4 is 9.62 Å². The first kappa shape index (κ1) is 32.9. The van der Waals surface area contributed by atoms with Gasteiger partial charge in [-0.25, -0.2) is 12.8 Å². The van der Waals surface area contributed by atoms with Crippen LogP contribution in [-0.4, -0.2) is 44.3 Å². The van der Waals surface area contributed by atoms with E-state index < -0.39 is 34.3 Å². The molecule has 0 saturated carbocycles. The van der Waals surface area contributed by atoms with Gasteiger partial charge in [-0.3, -0.25) is 13.9 Å². The number of hydrogen-bond donors (Lipinski definition) is 1. The highest BCUT2D eigenvalue weighted by molar-refractivity contribution is 9.10. The molecule has 4 rings (SSSR count). The molecule has 0 spiro atoms. The first-order valence-corrected chi connectivity index (χ1v) is 16.5. The van der Waals surface area contributed by atoms with Crippen LogP contribution in [0.2, 0.25) is 0 Å². The Morgan fingerprint density at radius 3 is 2.09 bits per heavy atom. The van der Waals surface area contributed by atoms with Gasteiger partial charge in [0.15, 0.2) is 0 Å². The van der Waals surface area contributed by atoms with Gasteiger partial charge in [-0.05, 0) is 59.5 Å². The minimum atomic E-state index is -4.19. The van der Waals surface area contributed by atoms with Crippen molar-refractivity contribution in [3.05, 3.63) is 131 Å². The lowest BCUT2D eigenvalue weighted by Crippen LogP contribution is -2.53. The molecule has 7 nitrogen and oxygen atoms in total. The van der Waals surface area contributed by atoms with E-state index in [0.29, 0.717) is 16.6 Å². The molecule has 10 heteroatoms. The number of halogens is 2. The van der Waals surface area contributed by atoms with Crippen LogP contribution in [0, 0.1) is 11.7 Å². The number of rotatable bonds is 13. The number of hydrogen-bond acceptors (Lipinski definition) is 4. The molecule has 0 saturated heterocycles. The number of anilines is 1. The van der Waals surface area contributed by atoms with E-state index in [-0.39, 0.29) is 35.4 Å². The topological polar surface area (TPSA) is 86.8 Å². The summed E-state index contributed by atoms with van der Waals surface area (Å²) in [6.07, 6.45) is 0.194. The molecule has 4 aromatic carbocycles. The Labute approximate surface area is 266 Å². The summed E-state index contributed by atoms with van der Waals surface area (Å²) in [5.74, 6) is -1.22. The van der Waals surface area contributed by atoms with Gasteiger partial charge in [0.1, 0.15) is 18.4 Å². The number of nitrogens with one attached hydrogen (secondary N) is 1. The number of amides is 2. The first-order chi connectivity index (χ1) is 21.0. The molecule has 0 aromatic heterocycles. The van der Waals surface area contributed by atoms with Gasteiger partial charge in [0.2, 0.25) is 11.8 Å². The Bertz CT molecular complexity index is 1650. The monoisotopic (exact) mass is 679 g/mol. The van der Waals surface area contributed by atoms with Gasteiger partial charge >= 0.3 is 0 Å². The van der Waals surface area contributed by atoms with Crippen LogP contribution in [0.25, 0.3) is 0 Å². The van der Waals surface area contributed by atoms with Gasteiger partial charge in [0.25, 0.3) is 10.0 Å². The number of nitrogens with zero attached hydrogens (tertiary/aromatic N) is 2. The second-order valence-corrected chi connectivity index (χ2v) is 13.6. The summed E-state index contributed by atoms with van der Waals surface area (Å²) in [4.78, 5) is 29.6. The quantitative estimate of drug-likeness (QED) is 0.182. The van der Waals surface area contributed by atoms with Crippen molar-refractivity contribution in [2.75, 3.05) is 17.4 Å². The van der Waals surface area contributed by atoms with Crippen molar-refractivity contribution in [2.45, 2.75) is 37.8 Å². The van der Waals surface area contributed by atoms with Gasteiger partial charge < -0.3 is 10.2 Å². The predicted octanol–water partition coefficient (Wildman–Crippen LogP) is 6.20. The average molecular weight is 681 g/mol. The third kappa shape index (κ3) is 8.76. The molecule has 2 amide bonds. The molecule has 0 aliphatic heterocycles. The van der Waals surface area contributed by atoms with Crippen molar-refractivity contribution in [3.8, 4) is 0 Å². The highest BCUT2D eigenvalue weighted by Gasteiger charge is 2.34. The number of benzene rings is 4. The summed E-state index contributed by atoms with van der Waals surface area (Å²) in [6.45, 7) is 3.73. The molecule has 44 heavy (non-hydrogen) atoms. The molecule has 0 unspecified atom stereocenters. The summed E-state index contributed by atoms with van der Waals surface area (Å²) in [6, 6.07) is 28.6. The van der Waals surface area contributed by atoms with Crippen LogP contribution in [0.1, 0.15) is 25.0 Å². The maximum Gasteiger partial charge on any atom is 0.264 e. The summed E-state index contributed by atoms with van der Waals surface area (Å²) in [7, 11) is -4.19. The number of carbonyl (C=O) groups is 2. The average Bonchev–Trinajstić information content (AvgIpc) is 3.02. The Morgan fingerprint density at radius 1 is 0.841 bits per heavy atom. The molecule has 0 aliphatic rings. The molecule has 1 N–H and O–H groups in total. The minimum Gasteiger partial charge on any atom is -0.354 e. The first-order valence-electron chi connectivity index (χ1n) is 14.2. The summed E-state index contributed by atoms with van der Waals surface area (Å²) < 4.78 is 43.5. The van der Waals surface area contributed by atoms with E-state index in [9.17, 15) is 22.4 Å². The summed E-state index contributed by atoms with van der Waals surface area (Å²) in [5.41, 5.74) is 1.70. The van der Waals surface area contributed by atoms with Crippen LogP contribution in [-0.2, 0) is 32.6 Å². The van der Waals surface area contributed by atoms with Gasteiger partial charge in [0.05, 0.1) is 10.6 Å². The fraction of sp³-hybridized carbons (Fsp3) is 0.235. The van der Waals surface area contributed by atoms with E-state index in [1.54, 1.807) is 54.6 Å². The fourth-order valence-corrected chi connectivity index (χ4v) is 6.46. The van der Waals surface area contributed by atoms with E-state index in [0.717, 1.165) is 9.87 Å². The highest BCUT2D eigenvalue weighted by Crippen LogP contribution is 2.27. The van der Waals surface area contributed by atoms with Crippen molar-refractivity contribution >= 4 is 43.5 Å². The van der Waals surface area contributed by atoms with E-state index in [2.05, 4.69) is 21.2 Å². The Hall–Kier alpha value is -4.02. The molecular formula is C34H35BrFN3O4S. The van der Waals surface area contributed by atoms with E-state index >= 15 is 0 Å². The molecule has 0 bridgehead atoms. The highest BCUT2D eigenvalue weighted by atomic mass is 79.9. The standard InChI is InChI=1S/C34H35BrFN3O4S/c1-25(2)22-37-34(41)32(20-26-10-5-3-6-11-26)38(23-27-16-18-29(36)19-17-27)33(40)24-39(30-13-9-12-28(35)21-30)44(42,43)31-14-7-4-8-15-31/h3-19,21,25,32H,20,22-24H2,1-2H3,(H,37,41)/t32-/m0/s1. The number of carbonyl (C=O) groups excluding carboxylic acids is 2. The molecule has 0 fully saturated rings. The molecule has 1 atom stereocenters. The van der Waals surface area contributed by atoms with E-state index in [4.69, 9.17) is 0 Å². The second-order valence-electron chi connectivity index (χ2n) is 10.8. The fourth-order valence-electron chi connectivity index (χ4n) is 4.64. The lowest BCUT2D eigenvalue weighted by atomic mass is 10.0. The van der Waals surface area contributed by atoms with Crippen molar-refractivity contribution in [1.82, 2.24) is 10.2 Å². The molecule has 0 aliphatic carbocycles. The van der Waals surface area contributed by atoms with Crippen LogP contribution in [0.3, 0.4) is 0 Å². The normalized spacial score (nSPS) is 12.0. The maximum atomic E-state index is 14.4. The second kappa shape index (κ2) is 15.1. The SMILES string of the molecule is CC(C)CNC(=O)[C@H](Cc1ccccc1)N(Cc1ccc(F)cc1)C(=O)CN(c1cccc(Br)c1)S(=O)(=O)c1ccccc1. The maximum absolute atomic E-state index is 14.4. The van der Waals surface area contributed by atoms with Crippen molar-refractivity contribution < 1.29 is 22.4 Å².